The lowest BCUT2D eigenvalue weighted by Crippen LogP contribution is -2.39. The molecule has 0 saturated carbocycles. The van der Waals surface area contributed by atoms with Crippen molar-refractivity contribution in [1.29, 1.82) is 0 Å². The van der Waals surface area contributed by atoms with Gasteiger partial charge in [-0.2, -0.15) is 0 Å². The third-order valence-electron chi connectivity index (χ3n) is 5.59. The summed E-state index contributed by atoms with van der Waals surface area (Å²) in [6.45, 7) is 0.103. The highest BCUT2D eigenvalue weighted by atomic mass is 16.5. The fraction of sp³-hybridized carbons (Fsp3) is 0.200. The molecule has 0 unspecified atom stereocenters. The van der Waals surface area contributed by atoms with Crippen molar-refractivity contribution in [3.8, 4) is 5.75 Å². The number of aryl methyl sites for hydroxylation is 1. The highest BCUT2D eigenvalue weighted by Crippen LogP contribution is 2.14. The maximum atomic E-state index is 13.2. The molecule has 0 radical (unpaired) electrons. The van der Waals surface area contributed by atoms with Crippen LogP contribution in [0.15, 0.2) is 68.6 Å². The molecule has 0 spiro atoms. The maximum Gasteiger partial charge on any atom is 0.373 e. The minimum absolute atomic E-state index is 0.0380. The van der Waals surface area contributed by atoms with Gasteiger partial charge in [0.25, 0.3) is 11.5 Å². The molecule has 0 aliphatic rings. The molecule has 2 heterocycles. The first-order chi connectivity index (χ1) is 16.8. The van der Waals surface area contributed by atoms with Crippen molar-refractivity contribution in [2.24, 2.45) is 7.05 Å². The minimum atomic E-state index is -0.666. The van der Waals surface area contributed by atoms with Gasteiger partial charge in [0.1, 0.15) is 11.5 Å². The average Bonchev–Trinajstić information content (AvgIpc) is 3.36. The molecule has 180 valence electrons. The molecule has 10 heteroatoms. The van der Waals surface area contributed by atoms with Gasteiger partial charge in [0.05, 0.1) is 31.7 Å². The van der Waals surface area contributed by atoms with E-state index in [9.17, 15) is 19.2 Å². The molecule has 0 aliphatic heterocycles. The smallest absolute Gasteiger partial charge is 0.373 e. The second-order valence-electron chi connectivity index (χ2n) is 7.75. The largest absolute Gasteiger partial charge is 0.497 e. The fourth-order valence-corrected chi connectivity index (χ4v) is 3.65. The van der Waals surface area contributed by atoms with E-state index in [-0.39, 0.29) is 34.9 Å². The highest BCUT2D eigenvalue weighted by Gasteiger charge is 2.17. The second-order valence-corrected chi connectivity index (χ2v) is 7.75. The SMILES string of the molecule is COC(=O)c1ccc(Cn2c(=O)c3cc(C(=O)NCc4ccc(OC)cc4)ccc3n(C)c2=O)o1. The molecule has 0 saturated heterocycles. The molecule has 0 fully saturated rings. The van der Waals surface area contributed by atoms with Crippen LogP contribution in [-0.2, 0) is 24.9 Å². The summed E-state index contributed by atoms with van der Waals surface area (Å²) in [6, 6.07) is 14.8. The van der Waals surface area contributed by atoms with E-state index < -0.39 is 17.2 Å². The molecule has 0 bridgehead atoms. The number of fused-ring (bicyclic) bond motifs is 1. The van der Waals surface area contributed by atoms with Gasteiger partial charge in [-0.25, -0.2) is 9.59 Å². The van der Waals surface area contributed by atoms with Crippen LogP contribution >= 0.6 is 0 Å². The normalized spacial score (nSPS) is 10.8. The second kappa shape index (κ2) is 9.72. The lowest BCUT2D eigenvalue weighted by molar-refractivity contribution is 0.0562. The molecule has 2 aromatic carbocycles. The summed E-state index contributed by atoms with van der Waals surface area (Å²) in [7, 11) is 4.33. The van der Waals surface area contributed by atoms with Crippen LogP contribution in [0.1, 0.15) is 32.2 Å². The number of esters is 1. The zero-order valence-electron chi connectivity index (χ0n) is 19.4. The van der Waals surface area contributed by atoms with E-state index >= 15 is 0 Å². The first-order valence-electron chi connectivity index (χ1n) is 10.6. The summed E-state index contributed by atoms with van der Waals surface area (Å²) in [5, 5.41) is 3.02. The van der Waals surface area contributed by atoms with Crippen LogP contribution in [-0.4, -0.2) is 35.2 Å². The van der Waals surface area contributed by atoms with Gasteiger partial charge in [-0.3, -0.25) is 18.7 Å². The number of nitrogens with zero attached hydrogens (tertiary/aromatic N) is 2. The lowest BCUT2D eigenvalue weighted by Gasteiger charge is -2.11. The molecule has 35 heavy (non-hydrogen) atoms. The van der Waals surface area contributed by atoms with Crippen molar-refractivity contribution in [2.45, 2.75) is 13.1 Å². The van der Waals surface area contributed by atoms with E-state index in [1.165, 1.54) is 36.9 Å². The Morgan fingerprint density at radius 3 is 2.43 bits per heavy atom. The molecule has 2 aromatic heterocycles. The Bertz CT molecular complexity index is 1530. The summed E-state index contributed by atoms with van der Waals surface area (Å²) in [5.74, 6) is -0.120. The Kier molecular flexibility index (Phi) is 6.54. The van der Waals surface area contributed by atoms with Gasteiger partial charge in [0.15, 0.2) is 0 Å². The molecule has 4 aromatic rings. The third kappa shape index (κ3) is 4.72. The highest BCUT2D eigenvalue weighted by molar-refractivity contribution is 5.97. The predicted octanol–water partition coefficient (Wildman–Crippen LogP) is 2.07. The van der Waals surface area contributed by atoms with Gasteiger partial charge in [0.2, 0.25) is 5.76 Å². The number of furan rings is 1. The maximum absolute atomic E-state index is 13.2. The quantitative estimate of drug-likeness (QED) is 0.405. The Morgan fingerprint density at radius 2 is 1.74 bits per heavy atom. The number of hydrogen-bond acceptors (Lipinski definition) is 7. The fourth-order valence-electron chi connectivity index (χ4n) is 3.65. The van der Waals surface area contributed by atoms with Crippen molar-refractivity contribution in [2.75, 3.05) is 14.2 Å². The number of rotatable bonds is 7. The van der Waals surface area contributed by atoms with Crippen LogP contribution in [0.2, 0.25) is 0 Å². The van der Waals surface area contributed by atoms with Crippen LogP contribution in [0.3, 0.4) is 0 Å². The Hall–Kier alpha value is -4.60. The number of methoxy groups -OCH3 is 2. The van der Waals surface area contributed by atoms with Crippen LogP contribution < -0.4 is 21.3 Å². The van der Waals surface area contributed by atoms with Crippen molar-refractivity contribution in [1.82, 2.24) is 14.5 Å². The number of ether oxygens (including phenoxy) is 2. The number of benzene rings is 2. The number of carbonyl (C=O) groups is 2. The summed E-state index contributed by atoms with van der Waals surface area (Å²) in [5.41, 5.74) is 0.408. The molecule has 0 aliphatic carbocycles. The van der Waals surface area contributed by atoms with E-state index in [1.54, 1.807) is 31.4 Å². The van der Waals surface area contributed by atoms with Crippen molar-refractivity contribution < 1.29 is 23.5 Å². The van der Waals surface area contributed by atoms with Gasteiger partial charge >= 0.3 is 11.7 Å². The number of carbonyl (C=O) groups excluding carboxylic acids is 2. The summed E-state index contributed by atoms with van der Waals surface area (Å²) in [6.07, 6.45) is 0. The van der Waals surface area contributed by atoms with Gasteiger partial charge in [0, 0.05) is 19.2 Å². The van der Waals surface area contributed by atoms with Crippen LogP contribution in [0.25, 0.3) is 10.9 Å². The zero-order chi connectivity index (χ0) is 25.1. The summed E-state index contributed by atoms with van der Waals surface area (Å²) in [4.78, 5) is 50.4. The Balaban J connectivity index is 1.62. The third-order valence-corrected chi connectivity index (χ3v) is 5.59. The van der Waals surface area contributed by atoms with Crippen molar-refractivity contribution in [3.63, 3.8) is 0 Å². The van der Waals surface area contributed by atoms with Crippen LogP contribution in [0, 0.1) is 0 Å². The molecule has 1 amide bonds. The van der Waals surface area contributed by atoms with Gasteiger partial charge < -0.3 is 19.2 Å². The van der Waals surface area contributed by atoms with Crippen molar-refractivity contribution >= 4 is 22.8 Å². The van der Waals surface area contributed by atoms with Crippen LogP contribution in [0.4, 0.5) is 0 Å². The van der Waals surface area contributed by atoms with Crippen LogP contribution in [0.5, 0.6) is 5.75 Å². The topological polar surface area (TPSA) is 122 Å². The Morgan fingerprint density at radius 1 is 1.00 bits per heavy atom. The molecular weight excluding hydrogens is 454 g/mol. The Labute approximate surface area is 199 Å². The van der Waals surface area contributed by atoms with E-state index in [1.807, 2.05) is 12.1 Å². The van der Waals surface area contributed by atoms with E-state index in [2.05, 4.69) is 10.1 Å². The number of hydrogen-bond donors (Lipinski definition) is 1. The van der Waals surface area contributed by atoms with Crippen molar-refractivity contribution in [3.05, 3.63) is 98.1 Å². The van der Waals surface area contributed by atoms with E-state index in [0.717, 1.165) is 10.1 Å². The number of amides is 1. The first kappa shape index (κ1) is 23.6. The molecular formula is C25H23N3O7. The van der Waals surface area contributed by atoms with E-state index in [4.69, 9.17) is 9.15 Å². The zero-order valence-corrected chi connectivity index (χ0v) is 19.4. The molecule has 4 rings (SSSR count). The summed E-state index contributed by atoms with van der Waals surface area (Å²) < 4.78 is 17.4. The minimum Gasteiger partial charge on any atom is -0.497 e. The molecule has 10 nitrogen and oxygen atoms in total. The first-order valence-corrected chi connectivity index (χ1v) is 10.6. The van der Waals surface area contributed by atoms with Gasteiger partial charge in [-0.1, -0.05) is 12.1 Å². The average molecular weight is 477 g/mol. The monoisotopic (exact) mass is 477 g/mol. The molecule has 0 atom stereocenters. The van der Waals surface area contributed by atoms with Gasteiger partial charge in [-0.15, -0.1) is 0 Å². The number of nitrogens with one attached hydrogen (secondary N) is 1. The van der Waals surface area contributed by atoms with Gasteiger partial charge in [-0.05, 0) is 48.0 Å². The lowest BCUT2D eigenvalue weighted by atomic mass is 10.1. The number of aromatic nitrogens is 2. The molecule has 1 N–H and O–H groups in total. The standard InChI is InChI=1S/C25H23N3O7/c1-27-20-10-6-16(22(29)26-13-15-4-7-17(33-2)8-5-15)12-19(20)23(30)28(25(27)32)14-18-9-11-21(35-18)24(31)34-3/h4-12H,13-14H2,1-3H3,(H,26,29). The summed E-state index contributed by atoms with van der Waals surface area (Å²) >= 11 is 0. The predicted molar refractivity (Wildman–Crippen MR) is 127 cm³/mol. The van der Waals surface area contributed by atoms with E-state index in [0.29, 0.717) is 17.8 Å².